The summed E-state index contributed by atoms with van der Waals surface area (Å²) in [5, 5.41) is 8.81. The molecule has 0 aliphatic rings. The SMILES string of the molecule is CC.CC.Cc1cc(F)c(Cl)cc1CO. The summed E-state index contributed by atoms with van der Waals surface area (Å²) in [6.07, 6.45) is 0. The second-order valence-corrected chi connectivity index (χ2v) is 2.76. The molecule has 1 aromatic carbocycles. The van der Waals surface area contributed by atoms with Crippen LogP contribution in [-0.2, 0) is 6.61 Å². The largest absolute Gasteiger partial charge is 0.392 e. The van der Waals surface area contributed by atoms with E-state index >= 15 is 0 Å². The van der Waals surface area contributed by atoms with Crippen LogP contribution >= 0.6 is 11.6 Å². The third-order valence-corrected chi connectivity index (χ3v) is 1.84. The van der Waals surface area contributed by atoms with Crippen molar-refractivity contribution in [1.29, 1.82) is 0 Å². The highest BCUT2D eigenvalue weighted by atomic mass is 35.5. The van der Waals surface area contributed by atoms with E-state index in [1.54, 1.807) is 6.92 Å². The smallest absolute Gasteiger partial charge is 0.142 e. The van der Waals surface area contributed by atoms with Gasteiger partial charge in [-0.15, -0.1) is 0 Å². The summed E-state index contributed by atoms with van der Waals surface area (Å²) in [7, 11) is 0. The van der Waals surface area contributed by atoms with Crippen molar-refractivity contribution >= 4 is 11.6 Å². The predicted octanol–water partition coefficient (Wildman–Crippen LogP) is 4.33. The van der Waals surface area contributed by atoms with Crippen molar-refractivity contribution in [3.05, 3.63) is 34.1 Å². The molecule has 88 valence electrons. The van der Waals surface area contributed by atoms with E-state index in [0.29, 0.717) is 5.56 Å². The summed E-state index contributed by atoms with van der Waals surface area (Å²) in [5.74, 6) is -0.443. The van der Waals surface area contributed by atoms with Gasteiger partial charge in [-0.05, 0) is 30.2 Å². The molecule has 1 nitrogen and oxygen atoms in total. The fourth-order valence-corrected chi connectivity index (χ4v) is 1.04. The Morgan fingerprint density at radius 2 is 1.67 bits per heavy atom. The quantitative estimate of drug-likeness (QED) is 0.767. The van der Waals surface area contributed by atoms with E-state index in [0.717, 1.165) is 5.56 Å². The van der Waals surface area contributed by atoms with Crippen LogP contribution in [-0.4, -0.2) is 5.11 Å². The highest BCUT2D eigenvalue weighted by Gasteiger charge is 2.03. The van der Waals surface area contributed by atoms with E-state index in [9.17, 15) is 4.39 Å². The summed E-state index contributed by atoms with van der Waals surface area (Å²) < 4.78 is 12.7. The Hall–Kier alpha value is -0.600. The van der Waals surface area contributed by atoms with E-state index in [2.05, 4.69) is 0 Å². The van der Waals surface area contributed by atoms with Crippen molar-refractivity contribution in [2.75, 3.05) is 0 Å². The van der Waals surface area contributed by atoms with Gasteiger partial charge >= 0.3 is 0 Å². The van der Waals surface area contributed by atoms with Crippen LogP contribution in [0.1, 0.15) is 38.8 Å². The Morgan fingerprint density at radius 3 is 2.07 bits per heavy atom. The number of aliphatic hydroxyl groups excluding tert-OH is 1. The van der Waals surface area contributed by atoms with Crippen LogP contribution < -0.4 is 0 Å². The van der Waals surface area contributed by atoms with Gasteiger partial charge in [-0.3, -0.25) is 0 Å². The van der Waals surface area contributed by atoms with Crippen LogP contribution in [0.15, 0.2) is 12.1 Å². The van der Waals surface area contributed by atoms with Gasteiger partial charge in [-0.2, -0.15) is 0 Å². The molecule has 0 saturated carbocycles. The lowest BCUT2D eigenvalue weighted by Gasteiger charge is -2.02. The zero-order valence-corrected chi connectivity index (χ0v) is 10.8. The van der Waals surface area contributed by atoms with Crippen LogP contribution in [0.2, 0.25) is 5.02 Å². The second-order valence-electron chi connectivity index (χ2n) is 2.35. The van der Waals surface area contributed by atoms with Crippen LogP contribution in [0.3, 0.4) is 0 Å². The highest BCUT2D eigenvalue weighted by molar-refractivity contribution is 6.30. The van der Waals surface area contributed by atoms with Crippen LogP contribution in [0.25, 0.3) is 0 Å². The highest BCUT2D eigenvalue weighted by Crippen LogP contribution is 2.19. The Bertz CT molecular complexity index is 275. The number of halogens is 2. The fourth-order valence-electron chi connectivity index (χ4n) is 0.858. The normalized spacial score (nSPS) is 8.27. The van der Waals surface area contributed by atoms with Crippen molar-refractivity contribution in [3.63, 3.8) is 0 Å². The standard InChI is InChI=1S/C8H8ClFO.2C2H6/c1-5-2-8(10)7(9)3-6(5)4-11;2*1-2/h2-3,11H,4H2,1H3;2*1-2H3. The Balaban J connectivity index is 0. The molecule has 0 atom stereocenters. The molecule has 1 rings (SSSR count). The van der Waals surface area contributed by atoms with Crippen LogP contribution in [0.4, 0.5) is 4.39 Å². The van der Waals surface area contributed by atoms with Crippen LogP contribution in [0, 0.1) is 12.7 Å². The lowest BCUT2D eigenvalue weighted by Crippen LogP contribution is -1.90. The van der Waals surface area contributed by atoms with Gasteiger partial charge in [-0.25, -0.2) is 4.39 Å². The molecule has 1 N–H and O–H groups in total. The number of benzene rings is 1. The van der Waals surface area contributed by atoms with Gasteiger partial charge in [0.15, 0.2) is 0 Å². The molecule has 3 heteroatoms. The van der Waals surface area contributed by atoms with E-state index < -0.39 is 5.82 Å². The third kappa shape index (κ3) is 5.75. The zero-order valence-electron chi connectivity index (χ0n) is 10.1. The monoisotopic (exact) mass is 234 g/mol. The number of rotatable bonds is 1. The average Bonchev–Trinajstić information content (AvgIpc) is 2.29. The minimum atomic E-state index is -0.443. The third-order valence-electron chi connectivity index (χ3n) is 1.55. The first-order chi connectivity index (χ1) is 7.15. The summed E-state index contributed by atoms with van der Waals surface area (Å²) >= 11 is 5.48. The molecule has 0 amide bonds. The van der Waals surface area contributed by atoms with Crippen molar-refractivity contribution in [2.45, 2.75) is 41.2 Å². The Morgan fingerprint density at radius 1 is 1.20 bits per heavy atom. The summed E-state index contributed by atoms with van der Waals surface area (Å²) in [6.45, 7) is 9.62. The van der Waals surface area contributed by atoms with E-state index in [-0.39, 0.29) is 11.6 Å². The zero-order chi connectivity index (χ0) is 12.4. The van der Waals surface area contributed by atoms with Crippen molar-refractivity contribution in [1.82, 2.24) is 0 Å². The number of hydrogen-bond acceptors (Lipinski definition) is 1. The first kappa shape index (κ1) is 16.8. The van der Waals surface area contributed by atoms with Gasteiger partial charge in [0.2, 0.25) is 0 Å². The maximum atomic E-state index is 12.7. The number of aryl methyl sites for hydroxylation is 1. The van der Waals surface area contributed by atoms with Gasteiger partial charge in [0.25, 0.3) is 0 Å². The molecule has 0 fully saturated rings. The minimum Gasteiger partial charge on any atom is -0.392 e. The van der Waals surface area contributed by atoms with Gasteiger partial charge in [-0.1, -0.05) is 39.3 Å². The van der Waals surface area contributed by atoms with Crippen molar-refractivity contribution < 1.29 is 9.50 Å². The second kappa shape index (κ2) is 9.94. The van der Waals surface area contributed by atoms with Gasteiger partial charge in [0.05, 0.1) is 11.6 Å². The lowest BCUT2D eigenvalue weighted by molar-refractivity contribution is 0.281. The number of aliphatic hydroxyl groups is 1. The fraction of sp³-hybridized carbons (Fsp3) is 0.500. The molecule has 0 spiro atoms. The topological polar surface area (TPSA) is 20.2 Å². The summed E-state index contributed by atoms with van der Waals surface area (Å²) in [4.78, 5) is 0. The minimum absolute atomic E-state index is 0.0552. The van der Waals surface area contributed by atoms with Gasteiger partial charge < -0.3 is 5.11 Å². The average molecular weight is 235 g/mol. The molecule has 0 saturated heterocycles. The molecule has 0 heterocycles. The molecule has 0 bridgehead atoms. The molecule has 0 aromatic heterocycles. The van der Waals surface area contributed by atoms with Crippen molar-refractivity contribution in [2.24, 2.45) is 0 Å². The molecular weight excluding hydrogens is 215 g/mol. The lowest BCUT2D eigenvalue weighted by atomic mass is 10.1. The van der Waals surface area contributed by atoms with Crippen LogP contribution in [0.5, 0.6) is 0 Å². The first-order valence-corrected chi connectivity index (χ1v) is 5.58. The maximum Gasteiger partial charge on any atom is 0.142 e. The van der Waals surface area contributed by atoms with Crippen molar-refractivity contribution in [3.8, 4) is 0 Å². The molecule has 1 aromatic rings. The number of hydrogen-bond donors (Lipinski definition) is 1. The van der Waals surface area contributed by atoms with E-state index in [1.807, 2.05) is 27.7 Å². The molecule has 0 radical (unpaired) electrons. The maximum absolute atomic E-state index is 12.7. The van der Waals surface area contributed by atoms with Gasteiger partial charge in [0, 0.05) is 0 Å². The molecule has 0 aliphatic heterocycles. The molecule has 0 unspecified atom stereocenters. The Kier molecular flexibility index (Phi) is 11.1. The molecular formula is C12H20ClFO. The van der Waals surface area contributed by atoms with Gasteiger partial charge in [0.1, 0.15) is 5.82 Å². The van der Waals surface area contributed by atoms with E-state index in [4.69, 9.17) is 16.7 Å². The van der Waals surface area contributed by atoms with E-state index in [1.165, 1.54) is 12.1 Å². The summed E-state index contributed by atoms with van der Waals surface area (Å²) in [5.41, 5.74) is 1.38. The Labute approximate surface area is 96.9 Å². The first-order valence-electron chi connectivity index (χ1n) is 5.20. The summed E-state index contributed by atoms with van der Waals surface area (Å²) in [6, 6.07) is 2.75. The predicted molar refractivity (Wildman–Crippen MR) is 64.8 cm³/mol. The molecule has 15 heavy (non-hydrogen) atoms. The molecule has 0 aliphatic carbocycles.